The van der Waals surface area contributed by atoms with Crippen molar-refractivity contribution in [2.24, 2.45) is 0 Å². The number of nitrogens with one attached hydrogen (secondary N) is 1. The summed E-state index contributed by atoms with van der Waals surface area (Å²) in [5.41, 5.74) is -2.92. The van der Waals surface area contributed by atoms with Crippen LogP contribution in [0.4, 0.5) is 22.0 Å². The van der Waals surface area contributed by atoms with Crippen LogP contribution in [0, 0.1) is 11.6 Å². The Hall–Kier alpha value is -1.31. The van der Waals surface area contributed by atoms with Gasteiger partial charge in [-0.3, -0.25) is 4.79 Å². The summed E-state index contributed by atoms with van der Waals surface area (Å²) in [4.78, 5) is 11.3. The highest BCUT2D eigenvalue weighted by Crippen LogP contribution is 2.33. The van der Waals surface area contributed by atoms with Crippen molar-refractivity contribution in [3.63, 3.8) is 0 Å². The fourth-order valence-corrected chi connectivity index (χ4v) is 1.35. The number of amides is 1. The fourth-order valence-electron chi connectivity index (χ4n) is 1.24. The van der Waals surface area contributed by atoms with Gasteiger partial charge in [-0.05, 0) is 12.1 Å². The molecule has 0 unspecified atom stereocenters. The summed E-state index contributed by atoms with van der Waals surface area (Å²) in [6.07, 6.45) is -4.99. The molecule has 8 heteroatoms. The van der Waals surface area contributed by atoms with E-state index >= 15 is 0 Å². The lowest BCUT2D eigenvalue weighted by Gasteiger charge is -2.11. The van der Waals surface area contributed by atoms with Crippen LogP contribution in [-0.2, 0) is 6.18 Å². The van der Waals surface area contributed by atoms with E-state index in [9.17, 15) is 26.7 Å². The maximum absolute atomic E-state index is 13.5. The number of alkyl halides is 3. The van der Waals surface area contributed by atoms with Crippen LogP contribution in [-0.4, -0.2) is 18.2 Å². The van der Waals surface area contributed by atoms with Crippen LogP contribution in [0.5, 0.6) is 0 Å². The van der Waals surface area contributed by atoms with E-state index in [1.807, 2.05) is 5.32 Å². The van der Waals surface area contributed by atoms with Gasteiger partial charge < -0.3 is 5.32 Å². The zero-order valence-electron chi connectivity index (χ0n) is 8.81. The van der Waals surface area contributed by atoms with Gasteiger partial charge in [-0.2, -0.15) is 25.8 Å². The minimum Gasteiger partial charge on any atom is -0.351 e. The first-order valence-corrected chi connectivity index (χ1v) is 5.36. The molecule has 100 valence electrons. The van der Waals surface area contributed by atoms with Crippen LogP contribution in [0.1, 0.15) is 15.9 Å². The summed E-state index contributed by atoms with van der Waals surface area (Å²) in [5.74, 6) is -4.32. The van der Waals surface area contributed by atoms with Gasteiger partial charge in [0.15, 0.2) is 5.82 Å². The Balaban J connectivity index is 3.23. The monoisotopic (exact) mass is 285 g/mol. The molecule has 18 heavy (non-hydrogen) atoms. The number of benzene rings is 1. The molecule has 0 radical (unpaired) electrons. The van der Waals surface area contributed by atoms with Crippen LogP contribution >= 0.6 is 12.6 Å². The van der Waals surface area contributed by atoms with E-state index in [-0.39, 0.29) is 18.4 Å². The van der Waals surface area contributed by atoms with E-state index < -0.39 is 34.8 Å². The Morgan fingerprint density at radius 2 is 1.89 bits per heavy atom. The SMILES string of the molecule is O=C(NCCS)c1c(F)ccc(C(F)(F)F)c1F. The van der Waals surface area contributed by atoms with E-state index in [0.717, 1.165) is 0 Å². The van der Waals surface area contributed by atoms with Crippen molar-refractivity contribution in [1.29, 1.82) is 0 Å². The number of halogens is 5. The molecule has 0 aliphatic carbocycles. The van der Waals surface area contributed by atoms with Crippen molar-refractivity contribution >= 4 is 18.5 Å². The highest BCUT2D eigenvalue weighted by Gasteiger charge is 2.37. The van der Waals surface area contributed by atoms with Crippen LogP contribution in [0.3, 0.4) is 0 Å². The Morgan fingerprint density at radius 1 is 1.28 bits per heavy atom. The van der Waals surface area contributed by atoms with E-state index in [0.29, 0.717) is 6.07 Å². The highest BCUT2D eigenvalue weighted by molar-refractivity contribution is 7.80. The quantitative estimate of drug-likeness (QED) is 0.649. The molecule has 0 aromatic heterocycles. The summed E-state index contributed by atoms with van der Waals surface area (Å²) in [5, 5.41) is 2.05. The van der Waals surface area contributed by atoms with Crippen LogP contribution in [0.25, 0.3) is 0 Å². The third-order valence-corrected chi connectivity index (χ3v) is 2.24. The molecule has 0 atom stereocenters. The van der Waals surface area contributed by atoms with Crippen molar-refractivity contribution in [2.75, 3.05) is 12.3 Å². The molecule has 0 aliphatic rings. The predicted octanol–water partition coefficient (Wildman–Crippen LogP) is 2.64. The molecule has 0 saturated carbocycles. The minimum atomic E-state index is -4.99. The maximum Gasteiger partial charge on any atom is 0.419 e. The summed E-state index contributed by atoms with van der Waals surface area (Å²) < 4.78 is 63.8. The van der Waals surface area contributed by atoms with Crippen molar-refractivity contribution in [3.05, 3.63) is 34.9 Å². The molecular formula is C10H8F5NOS. The van der Waals surface area contributed by atoms with Crippen LogP contribution < -0.4 is 5.32 Å². The molecule has 1 N–H and O–H groups in total. The van der Waals surface area contributed by atoms with Gasteiger partial charge in [-0.1, -0.05) is 0 Å². The van der Waals surface area contributed by atoms with Gasteiger partial charge in [-0.15, -0.1) is 0 Å². The average Bonchev–Trinajstić information content (AvgIpc) is 2.24. The van der Waals surface area contributed by atoms with Gasteiger partial charge in [0.2, 0.25) is 0 Å². The molecular weight excluding hydrogens is 277 g/mol. The number of rotatable bonds is 3. The van der Waals surface area contributed by atoms with Crippen molar-refractivity contribution in [2.45, 2.75) is 6.18 Å². The smallest absolute Gasteiger partial charge is 0.351 e. The standard InChI is InChI=1S/C10H8F5NOS/c11-6-2-1-5(10(13,14)15)8(12)7(6)9(17)16-3-4-18/h1-2,18H,3-4H2,(H,16,17). The fraction of sp³-hybridized carbons (Fsp3) is 0.300. The van der Waals surface area contributed by atoms with E-state index in [1.54, 1.807) is 0 Å². The first kappa shape index (κ1) is 14.7. The number of thiol groups is 1. The normalized spacial score (nSPS) is 11.4. The lowest BCUT2D eigenvalue weighted by Crippen LogP contribution is -2.28. The van der Waals surface area contributed by atoms with E-state index in [2.05, 4.69) is 12.6 Å². The summed E-state index contributed by atoms with van der Waals surface area (Å²) in [7, 11) is 0. The average molecular weight is 285 g/mol. The van der Waals surface area contributed by atoms with Gasteiger partial charge in [0.05, 0.1) is 5.56 Å². The van der Waals surface area contributed by atoms with E-state index in [1.165, 1.54) is 0 Å². The van der Waals surface area contributed by atoms with Gasteiger partial charge in [0.25, 0.3) is 5.91 Å². The maximum atomic E-state index is 13.5. The number of carbonyl (C=O) groups excluding carboxylic acids is 1. The highest BCUT2D eigenvalue weighted by atomic mass is 32.1. The molecule has 0 fully saturated rings. The van der Waals surface area contributed by atoms with Gasteiger partial charge in [0, 0.05) is 12.3 Å². The molecule has 0 bridgehead atoms. The first-order valence-electron chi connectivity index (χ1n) is 4.73. The largest absolute Gasteiger partial charge is 0.419 e. The topological polar surface area (TPSA) is 29.1 Å². The van der Waals surface area contributed by atoms with Crippen molar-refractivity contribution < 1.29 is 26.7 Å². The molecule has 0 spiro atoms. The molecule has 0 heterocycles. The van der Waals surface area contributed by atoms with Crippen molar-refractivity contribution in [3.8, 4) is 0 Å². The summed E-state index contributed by atoms with van der Waals surface area (Å²) >= 11 is 3.74. The zero-order valence-corrected chi connectivity index (χ0v) is 9.71. The van der Waals surface area contributed by atoms with Crippen LogP contribution in [0.2, 0.25) is 0 Å². The Kier molecular flexibility index (Phi) is 4.55. The van der Waals surface area contributed by atoms with Crippen LogP contribution in [0.15, 0.2) is 12.1 Å². The third kappa shape index (κ3) is 3.12. The number of hydrogen-bond acceptors (Lipinski definition) is 2. The Bertz CT molecular complexity index is 460. The molecule has 0 aliphatic heterocycles. The lowest BCUT2D eigenvalue weighted by atomic mass is 10.1. The van der Waals surface area contributed by atoms with Gasteiger partial charge in [-0.25, -0.2) is 8.78 Å². The lowest BCUT2D eigenvalue weighted by molar-refractivity contribution is -0.140. The second kappa shape index (κ2) is 5.55. The first-order chi connectivity index (χ1) is 8.29. The molecule has 1 aromatic carbocycles. The van der Waals surface area contributed by atoms with Crippen molar-refractivity contribution in [1.82, 2.24) is 5.32 Å². The third-order valence-electron chi connectivity index (χ3n) is 2.02. The number of hydrogen-bond donors (Lipinski definition) is 2. The molecule has 0 saturated heterocycles. The Labute approximate surface area is 105 Å². The second-order valence-corrected chi connectivity index (χ2v) is 3.71. The molecule has 1 rings (SSSR count). The van der Waals surface area contributed by atoms with Gasteiger partial charge >= 0.3 is 6.18 Å². The molecule has 1 amide bonds. The zero-order chi connectivity index (χ0) is 13.9. The minimum absolute atomic E-state index is 0.0168. The molecule has 2 nitrogen and oxygen atoms in total. The Morgan fingerprint density at radius 3 is 2.39 bits per heavy atom. The predicted molar refractivity (Wildman–Crippen MR) is 57.5 cm³/mol. The summed E-state index contributed by atoms with van der Waals surface area (Å²) in [6.45, 7) is -0.0168. The number of carbonyl (C=O) groups is 1. The molecule has 1 aromatic rings. The van der Waals surface area contributed by atoms with Gasteiger partial charge in [0.1, 0.15) is 11.4 Å². The van der Waals surface area contributed by atoms with E-state index in [4.69, 9.17) is 0 Å². The second-order valence-electron chi connectivity index (χ2n) is 3.26. The summed E-state index contributed by atoms with van der Waals surface area (Å²) in [6, 6.07) is 0.654.